The quantitative estimate of drug-likeness (QED) is 0.0568. The molecule has 0 fully saturated rings. The van der Waals surface area contributed by atoms with E-state index >= 15 is 0 Å². The van der Waals surface area contributed by atoms with Crippen LogP contribution in [0.2, 0.25) is 0 Å². The molecule has 0 saturated heterocycles. The molecule has 7 nitrogen and oxygen atoms in total. The predicted octanol–water partition coefficient (Wildman–Crippen LogP) is 9.23. The largest absolute Gasteiger partial charge is 0.481 e. The molecule has 41 heavy (non-hydrogen) atoms. The number of esters is 1. The van der Waals surface area contributed by atoms with Crippen LogP contribution >= 0.6 is 0 Å². The van der Waals surface area contributed by atoms with Gasteiger partial charge in [-0.25, -0.2) is 4.79 Å². The summed E-state index contributed by atoms with van der Waals surface area (Å²) in [5.41, 5.74) is -2.65. The van der Waals surface area contributed by atoms with Crippen molar-refractivity contribution in [2.45, 2.75) is 193 Å². The topological polar surface area (TPSA) is 121 Å². The Morgan fingerprint density at radius 2 is 0.951 bits per heavy atom. The number of hydrogen-bond acceptors (Lipinski definition) is 5. The number of carboxylic acids is 2. The van der Waals surface area contributed by atoms with E-state index in [0.29, 0.717) is 12.8 Å². The Hall–Kier alpha value is -1.63. The maximum atomic E-state index is 12.5. The molecule has 0 amide bonds. The van der Waals surface area contributed by atoms with Crippen molar-refractivity contribution >= 4 is 17.9 Å². The van der Waals surface area contributed by atoms with E-state index in [9.17, 15) is 24.6 Å². The van der Waals surface area contributed by atoms with Gasteiger partial charge in [0.05, 0.1) is 12.8 Å². The van der Waals surface area contributed by atoms with Crippen LogP contribution < -0.4 is 0 Å². The van der Waals surface area contributed by atoms with Crippen LogP contribution in [0.5, 0.6) is 0 Å². The van der Waals surface area contributed by atoms with Crippen molar-refractivity contribution < 1.29 is 34.4 Å². The van der Waals surface area contributed by atoms with Gasteiger partial charge in [0.15, 0.2) is 5.60 Å². The predicted molar refractivity (Wildman–Crippen MR) is 166 cm³/mol. The third-order valence-corrected chi connectivity index (χ3v) is 8.01. The number of carbonyl (C=O) groups is 3. The van der Waals surface area contributed by atoms with Crippen LogP contribution in [0.1, 0.15) is 181 Å². The second-order valence-electron chi connectivity index (χ2n) is 12.7. The summed E-state index contributed by atoms with van der Waals surface area (Å²) in [7, 11) is 0. The lowest BCUT2D eigenvalue weighted by Crippen LogP contribution is -2.43. The van der Waals surface area contributed by atoms with Crippen LogP contribution in [0.25, 0.3) is 0 Å². The average Bonchev–Trinajstić information content (AvgIpc) is 2.89. The molecule has 242 valence electrons. The zero-order valence-electron chi connectivity index (χ0n) is 26.8. The highest BCUT2D eigenvalue weighted by Crippen LogP contribution is 2.22. The SMILES string of the molecule is CCCCCCCCCCCCCCCCC(CCCCCCCCC(C)C)OC(=O)CC(O)(CC(=O)O)C(=O)O. The monoisotopic (exact) mass is 584 g/mol. The van der Waals surface area contributed by atoms with Gasteiger partial charge in [-0.3, -0.25) is 9.59 Å². The number of rotatable bonds is 30. The summed E-state index contributed by atoms with van der Waals surface area (Å²) in [5, 5.41) is 28.5. The lowest BCUT2D eigenvalue weighted by atomic mass is 9.95. The van der Waals surface area contributed by atoms with Crippen LogP contribution in [-0.4, -0.2) is 44.9 Å². The van der Waals surface area contributed by atoms with Gasteiger partial charge in [-0.2, -0.15) is 0 Å². The number of hydrogen-bond donors (Lipinski definition) is 3. The summed E-state index contributed by atoms with van der Waals surface area (Å²) < 4.78 is 5.61. The normalized spacial score (nSPS) is 13.7. The summed E-state index contributed by atoms with van der Waals surface area (Å²) in [5.74, 6) is -3.30. The molecular formula is C34H64O7. The summed E-state index contributed by atoms with van der Waals surface area (Å²) in [6, 6.07) is 0. The van der Waals surface area contributed by atoms with E-state index in [2.05, 4.69) is 20.8 Å². The fraction of sp³-hybridized carbons (Fsp3) is 0.912. The lowest BCUT2D eigenvalue weighted by molar-refractivity contribution is -0.173. The first-order valence-corrected chi connectivity index (χ1v) is 17.0. The van der Waals surface area contributed by atoms with Gasteiger partial charge in [0, 0.05) is 0 Å². The van der Waals surface area contributed by atoms with Crippen molar-refractivity contribution in [2.75, 3.05) is 0 Å². The zero-order valence-corrected chi connectivity index (χ0v) is 26.8. The van der Waals surface area contributed by atoms with Gasteiger partial charge in [-0.05, 0) is 31.6 Å². The van der Waals surface area contributed by atoms with E-state index in [-0.39, 0.29) is 6.10 Å². The third-order valence-electron chi connectivity index (χ3n) is 8.01. The zero-order chi connectivity index (χ0) is 30.8. The second kappa shape index (κ2) is 26.0. The van der Waals surface area contributed by atoms with E-state index in [1.54, 1.807) is 0 Å². The molecule has 0 aromatic carbocycles. The number of aliphatic hydroxyl groups is 1. The lowest BCUT2D eigenvalue weighted by Gasteiger charge is -2.23. The Morgan fingerprint density at radius 1 is 0.585 bits per heavy atom. The Kier molecular flexibility index (Phi) is 25.0. The maximum absolute atomic E-state index is 12.5. The van der Waals surface area contributed by atoms with Crippen molar-refractivity contribution in [3.63, 3.8) is 0 Å². The van der Waals surface area contributed by atoms with Crippen LogP contribution in [-0.2, 0) is 19.1 Å². The fourth-order valence-electron chi connectivity index (χ4n) is 5.39. The van der Waals surface area contributed by atoms with E-state index in [4.69, 9.17) is 9.84 Å². The molecule has 0 aromatic rings. The van der Waals surface area contributed by atoms with Crippen molar-refractivity contribution in [3.05, 3.63) is 0 Å². The summed E-state index contributed by atoms with van der Waals surface area (Å²) in [4.78, 5) is 35.0. The standard InChI is InChI=1S/C34H64O7/c1-4-5-6-7-8-9-10-11-12-13-14-15-19-22-25-30(26-23-20-17-16-18-21-24-29(2)3)41-32(37)28-34(40,33(38)39)27-31(35)36/h29-30,40H,4-28H2,1-3H3,(H,35,36)(H,38,39). The Labute approximate surface area is 251 Å². The molecule has 0 aliphatic carbocycles. The number of carbonyl (C=O) groups excluding carboxylic acids is 1. The minimum atomic E-state index is -2.65. The highest BCUT2D eigenvalue weighted by Gasteiger charge is 2.41. The average molecular weight is 585 g/mol. The fourth-order valence-corrected chi connectivity index (χ4v) is 5.39. The Bertz CT molecular complexity index is 663. The van der Waals surface area contributed by atoms with Crippen molar-refractivity contribution in [1.82, 2.24) is 0 Å². The van der Waals surface area contributed by atoms with Crippen molar-refractivity contribution in [2.24, 2.45) is 5.92 Å². The summed E-state index contributed by atoms with van der Waals surface area (Å²) in [6.45, 7) is 6.75. The molecule has 0 aliphatic heterocycles. The van der Waals surface area contributed by atoms with Crippen LogP contribution in [0.4, 0.5) is 0 Å². The minimum Gasteiger partial charge on any atom is -0.481 e. The molecule has 0 radical (unpaired) electrons. The molecule has 2 atom stereocenters. The number of ether oxygens (including phenoxy) is 1. The van der Waals surface area contributed by atoms with Gasteiger partial charge in [0.1, 0.15) is 6.10 Å². The number of aliphatic carboxylic acids is 2. The van der Waals surface area contributed by atoms with Gasteiger partial charge in [-0.15, -0.1) is 0 Å². The van der Waals surface area contributed by atoms with Gasteiger partial charge in [-0.1, -0.05) is 143 Å². The van der Waals surface area contributed by atoms with Gasteiger partial charge in [0.2, 0.25) is 0 Å². The Balaban J connectivity index is 4.38. The molecule has 0 bridgehead atoms. The second-order valence-corrected chi connectivity index (χ2v) is 12.7. The first-order chi connectivity index (χ1) is 19.6. The molecule has 0 heterocycles. The Morgan fingerprint density at radius 3 is 1.29 bits per heavy atom. The number of carboxylic acid groups (broad SMARTS) is 2. The molecule has 0 rings (SSSR count). The first-order valence-electron chi connectivity index (χ1n) is 17.0. The molecule has 0 aliphatic rings. The maximum Gasteiger partial charge on any atom is 0.336 e. The van der Waals surface area contributed by atoms with Crippen LogP contribution in [0, 0.1) is 5.92 Å². The molecule has 0 aromatic heterocycles. The third kappa shape index (κ3) is 24.7. The van der Waals surface area contributed by atoms with Gasteiger partial charge < -0.3 is 20.1 Å². The summed E-state index contributed by atoms with van der Waals surface area (Å²) >= 11 is 0. The molecular weight excluding hydrogens is 520 g/mol. The first kappa shape index (κ1) is 39.4. The highest BCUT2D eigenvalue weighted by molar-refractivity contribution is 5.88. The van der Waals surface area contributed by atoms with E-state index in [0.717, 1.165) is 44.4 Å². The van der Waals surface area contributed by atoms with Crippen molar-refractivity contribution in [1.29, 1.82) is 0 Å². The number of unbranched alkanes of at least 4 members (excludes halogenated alkanes) is 18. The smallest absolute Gasteiger partial charge is 0.336 e. The minimum absolute atomic E-state index is 0.330. The van der Waals surface area contributed by atoms with E-state index in [1.165, 1.54) is 96.3 Å². The highest BCUT2D eigenvalue weighted by atomic mass is 16.5. The van der Waals surface area contributed by atoms with E-state index in [1.807, 2.05) is 0 Å². The van der Waals surface area contributed by atoms with Crippen molar-refractivity contribution in [3.8, 4) is 0 Å². The molecule has 2 unspecified atom stereocenters. The van der Waals surface area contributed by atoms with E-state index < -0.39 is 36.4 Å². The van der Waals surface area contributed by atoms with Gasteiger partial charge in [0.25, 0.3) is 0 Å². The summed E-state index contributed by atoms with van der Waals surface area (Å²) in [6.07, 6.45) is 25.1. The van der Waals surface area contributed by atoms with Crippen LogP contribution in [0.15, 0.2) is 0 Å². The van der Waals surface area contributed by atoms with Crippen LogP contribution in [0.3, 0.4) is 0 Å². The molecule has 3 N–H and O–H groups in total. The molecule has 0 saturated carbocycles. The van der Waals surface area contributed by atoms with Gasteiger partial charge >= 0.3 is 17.9 Å². The molecule has 0 spiro atoms. The molecule has 7 heteroatoms.